The van der Waals surface area contributed by atoms with E-state index in [1.54, 1.807) is 6.92 Å². The molecule has 0 radical (unpaired) electrons. The third-order valence-corrected chi connectivity index (χ3v) is 4.54. The molecule has 1 saturated carbocycles. The molecule has 2 rings (SSSR count). The van der Waals surface area contributed by atoms with Crippen molar-refractivity contribution in [2.75, 3.05) is 5.32 Å². The molecule has 1 aliphatic carbocycles. The van der Waals surface area contributed by atoms with Crippen LogP contribution in [-0.2, 0) is 0 Å². The Morgan fingerprint density at radius 1 is 1.39 bits per heavy atom. The van der Waals surface area contributed by atoms with Crippen molar-refractivity contribution in [3.63, 3.8) is 0 Å². The maximum atomic E-state index is 11.2. The van der Waals surface area contributed by atoms with Crippen molar-refractivity contribution in [1.82, 2.24) is 4.37 Å². The minimum atomic E-state index is -0.884. The molecule has 0 aromatic carbocycles. The predicted molar refractivity (Wildman–Crippen MR) is 73.5 cm³/mol. The lowest BCUT2D eigenvalue weighted by molar-refractivity contribution is 0.0697. The number of hydrogen-bond acceptors (Lipinski definition) is 4. The van der Waals surface area contributed by atoms with Gasteiger partial charge in [-0.3, -0.25) is 0 Å². The summed E-state index contributed by atoms with van der Waals surface area (Å²) in [4.78, 5) is 11.2. The number of carboxylic acids is 1. The maximum absolute atomic E-state index is 11.2. The summed E-state index contributed by atoms with van der Waals surface area (Å²) in [6.45, 7) is 4.04. The fraction of sp³-hybridized carbons (Fsp3) is 0.692. The molecule has 1 aromatic heterocycles. The monoisotopic (exact) mass is 268 g/mol. The smallest absolute Gasteiger partial charge is 0.340 e. The molecule has 0 spiro atoms. The van der Waals surface area contributed by atoms with Crippen LogP contribution in [0.15, 0.2) is 0 Å². The van der Waals surface area contributed by atoms with Gasteiger partial charge in [-0.25, -0.2) is 4.79 Å². The molecule has 2 atom stereocenters. The topological polar surface area (TPSA) is 62.2 Å². The quantitative estimate of drug-likeness (QED) is 0.823. The van der Waals surface area contributed by atoms with Gasteiger partial charge in [0.25, 0.3) is 0 Å². The van der Waals surface area contributed by atoms with E-state index in [-0.39, 0.29) is 0 Å². The molecular weight excluding hydrogens is 248 g/mol. The van der Waals surface area contributed by atoms with Gasteiger partial charge in [-0.15, -0.1) is 0 Å². The summed E-state index contributed by atoms with van der Waals surface area (Å²) >= 11 is 1.26. The summed E-state index contributed by atoms with van der Waals surface area (Å²) in [6.07, 6.45) is 5.97. The van der Waals surface area contributed by atoms with E-state index < -0.39 is 5.97 Å². The van der Waals surface area contributed by atoms with Crippen LogP contribution in [0.5, 0.6) is 0 Å². The van der Waals surface area contributed by atoms with E-state index in [0.717, 1.165) is 23.8 Å². The van der Waals surface area contributed by atoms with Gasteiger partial charge in [-0.05, 0) is 43.6 Å². The number of nitrogens with zero attached hydrogens (tertiary/aromatic N) is 1. The first-order chi connectivity index (χ1) is 8.58. The largest absolute Gasteiger partial charge is 0.478 e. The van der Waals surface area contributed by atoms with Crippen molar-refractivity contribution < 1.29 is 9.90 Å². The fourth-order valence-electron chi connectivity index (χ4n) is 2.54. The zero-order valence-electron chi connectivity index (χ0n) is 10.9. The van der Waals surface area contributed by atoms with Gasteiger partial charge in [-0.1, -0.05) is 19.8 Å². The van der Waals surface area contributed by atoms with Crippen molar-refractivity contribution in [3.8, 4) is 0 Å². The number of rotatable bonds is 3. The molecule has 1 aliphatic rings. The first-order valence-corrected chi connectivity index (χ1v) is 7.31. The average molecular weight is 268 g/mol. The second-order valence-corrected chi connectivity index (χ2v) is 6.01. The van der Waals surface area contributed by atoms with Gasteiger partial charge in [0.05, 0.1) is 5.69 Å². The van der Waals surface area contributed by atoms with Crippen LogP contribution in [0.2, 0.25) is 0 Å². The number of nitrogens with one attached hydrogen (secondary N) is 1. The molecule has 5 heteroatoms. The Kier molecular flexibility index (Phi) is 4.22. The zero-order valence-corrected chi connectivity index (χ0v) is 11.7. The van der Waals surface area contributed by atoms with E-state index in [0.29, 0.717) is 17.3 Å². The molecule has 2 unspecified atom stereocenters. The van der Waals surface area contributed by atoms with Crippen LogP contribution in [0.1, 0.15) is 55.1 Å². The van der Waals surface area contributed by atoms with Crippen LogP contribution in [0.3, 0.4) is 0 Å². The second-order valence-electron chi connectivity index (χ2n) is 5.23. The number of anilines is 1. The molecule has 18 heavy (non-hydrogen) atoms. The number of hydrogen-bond donors (Lipinski definition) is 2. The molecule has 0 bridgehead atoms. The minimum Gasteiger partial charge on any atom is -0.478 e. The van der Waals surface area contributed by atoms with Crippen molar-refractivity contribution in [2.24, 2.45) is 5.92 Å². The average Bonchev–Trinajstić information content (AvgIpc) is 2.54. The maximum Gasteiger partial charge on any atom is 0.340 e. The predicted octanol–water partition coefficient (Wildman–Crippen LogP) is 3.53. The standard InChI is InChI=1S/C13H20N2O2S/c1-8-4-3-5-10(7-6-8)14-12-11(13(16)17)9(2)15-18-12/h8,10,14H,3-7H2,1-2H3,(H,16,17). The lowest BCUT2D eigenvalue weighted by atomic mass is 10.0. The molecular formula is C13H20N2O2S. The van der Waals surface area contributed by atoms with E-state index in [1.165, 1.54) is 30.8 Å². The Hall–Kier alpha value is -1.10. The summed E-state index contributed by atoms with van der Waals surface area (Å²) in [7, 11) is 0. The van der Waals surface area contributed by atoms with E-state index in [2.05, 4.69) is 16.6 Å². The van der Waals surface area contributed by atoms with Crippen LogP contribution in [0.25, 0.3) is 0 Å². The normalized spacial score (nSPS) is 24.6. The van der Waals surface area contributed by atoms with Crippen LogP contribution in [-0.4, -0.2) is 21.5 Å². The van der Waals surface area contributed by atoms with E-state index >= 15 is 0 Å². The summed E-state index contributed by atoms with van der Waals surface area (Å²) in [6, 6.07) is 0.396. The number of carbonyl (C=O) groups is 1. The number of aryl methyl sites for hydroxylation is 1. The lowest BCUT2D eigenvalue weighted by Gasteiger charge is -2.16. The van der Waals surface area contributed by atoms with Crippen LogP contribution >= 0.6 is 11.5 Å². The molecule has 2 N–H and O–H groups in total. The van der Waals surface area contributed by atoms with Crippen molar-refractivity contribution in [1.29, 1.82) is 0 Å². The first-order valence-electron chi connectivity index (χ1n) is 6.54. The molecule has 1 aromatic rings. The molecule has 1 heterocycles. The molecule has 0 saturated heterocycles. The Morgan fingerprint density at radius 3 is 2.89 bits per heavy atom. The SMILES string of the molecule is Cc1nsc(NC2CCCC(C)CC2)c1C(=O)O. The lowest BCUT2D eigenvalue weighted by Crippen LogP contribution is -2.19. The Balaban J connectivity index is 2.07. The summed E-state index contributed by atoms with van der Waals surface area (Å²) < 4.78 is 4.14. The van der Waals surface area contributed by atoms with Crippen molar-refractivity contribution in [3.05, 3.63) is 11.3 Å². The summed E-state index contributed by atoms with van der Waals surface area (Å²) in [5, 5.41) is 13.3. The number of aromatic nitrogens is 1. The van der Waals surface area contributed by atoms with Gasteiger partial charge < -0.3 is 10.4 Å². The molecule has 100 valence electrons. The molecule has 1 fully saturated rings. The first kappa shape index (κ1) is 13.3. The molecule has 4 nitrogen and oxygen atoms in total. The Bertz CT molecular complexity index is 431. The van der Waals surface area contributed by atoms with Crippen LogP contribution in [0, 0.1) is 12.8 Å². The minimum absolute atomic E-state index is 0.345. The Morgan fingerprint density at radius 2 is 2.17 bits per heavy atom. The molecule has 0 aliphatic heterocycles. The summed E-state index contributed by atoms with van der Waals surface area (Å²) in [5.74, 6) is -0.0929. The summed E-state index contributed by atoms with van der Waals surface area (Å²) in [5.41, 5.74) is 0.953. The Labute approximate surface area is 112 Å². The number of carboxylic acid groups (broad SMARTS) is 1. The van der Waals surface area contributed by atoms with Gasteiger partial charge in [0, 0.05) is 6.04 Å². The third kappa shape index (κ3) is 3.02. The second kappa shape index (κ2) is 5.69. The van der Waals surface area contributed by atoms with Crippen molar-refractivity contribution >= 4 is 22.5 Å². The number of aromatic carboxylic acids is 1. The van der Waals surface area contributed by atoms with Gasteiger partial charge in [0.15, 0.2) is 0 Å². The van der Waals surface area contributed by atoms with E-state index in [4.69, 9.17) is 0 Å². The highest BCUT2D eigenvalue weighted by molar-refractivity contribution is 7.10. The molecule has 0 amide bonds. The fourth-order valence-corrected chi connectivity index (χ4v) is 3.40. The van der Waals surface area contributed by atoms with E-state index in [9.17, 15) is 9.90 Å². The highest BCUT2D eigenvalue weighted by Gasteiger charge is 2.21. The van der Waals surface area contributed by atoms with Crippen LogP contribution in [0.4, 0.5) is 5.00 Å². The van der Waals surface area contributed by atoms with E-state index in [1.807, 2.05) is 0 Å². The third-order valence-electron chi connectivity index (χ3n) is 3.67. The van der Waals surface area contributed by atoms with Gasteiger partial charge in [0.1, 0.15) is 10.6 Å². The highest BCUT2D eigenvalue weighted by atomic mass is 32.1. The van der Waals surface area contributed by atoms with Crippen molar-refractivity contribution in [2.45, 2.75) is 52.0 Å². The van der Waals surface area contributed by atoms with Gasteiger partial charge in [0.2, 0.25) is 0 Å². The highest BCUT2D eigenvalue weighted by Crippen LogP contribution is 2.29. The van der Waals surface area contributed by atoms with Crippen LogP contribution < -0.4 is 5.32 Å². The zero-order chi connectivity index (χ0) is 13.1. The van der Waals surface area contributed by atoms with Gasteiger partial charge >= 0.3 is 5.97 Å². The van der Waals surface area contributed by atoms with Gasteiger partial charge in [-0.2, -0.15) is 4.37 Å².